The minimum atomic E-state index is -1.23. The molecule has 0 aliphatic carbocycles. The molecule has 4 aromatic rings. The first-order valence-electron chi connectivity index (χ1n) is 16.1. The summed E-state index contributed by atoms with van der Waals surface area (Å²) in [6.45, 7) is 5.65. The van der Waals surface area contributed by atoms with E-state index < -0.39 is 47.1 Å². The largest absolute Gasteiger partial charge is 0.351 e. The predicted molar refractivity (Wildman–Crippen MR) is 185 cm³/mol. The van der Waals surface area contributed by atoms with Gasteiger partial charge in [-0.25, -0.2) is 4.39 Å². The van der Waals surface area contributed by atoms with Gasteiger partial charge in [0.2, 0.25) is 23.6 Å². The third-order valence-corrected chi connectivity index (χ3v) is 7.55. The number of benzene rings is 4. The van der Waals surface area contributed by atoms with Gasteiger partial charge in [0.25, 0.3) is 0 Å². The molecule has 0 spiro atoms. The third kappa shape index (κ3) is 11.8. The molecule has 0 saturated carbocycles. The van der Waals surface area contributed by atoms with E-state index in [4.69, 9.17) is 0 Å². The monoisotopic (exact) mass is 650 g/mol. The summed E-state index contributed by atoms with van der Waals surface area (Å²) in [6, 6.07) is 30.5. The molecule has 0 aromatic heterocycles. The topological polar surface area (TPSA) is 116 Å². The van der Waals surface area contributed by atoms with Gasteiger partial charge >= 0.3 is 0 Å². The van der Waals surface area contributed by atoms with E-state index in [9.17, 15) is 23.6 Å². The van der Waals surface area contributed by atoms with Gasteiger partial charge in [0.05, 0.1) is 6.42 Å². The van der Waals surface area contributed by atoms with Crippen LogP contribution >= 0.6 is 0 Å². The van der Waals surface area contributed by atoms with E-state index in [2.05, 4.69) is 21.3 Å². The van der Waals surface area contributed by atoms with E-state index in [0.29, 0.717) is 12.0 Å². The summed E-state index contributed by atoms with van der Waals surface area (Å²) >= 11 is 0. The number of carbonyl (C=O) groups excluding carboxylic acids is 4. The number of rotatable bonds is 14. The van der Waals surface area contributed by atoms with Crippen LogP contribution in [0, 0.1) is 5.82 Å². The molecule has 0 saturated heterocycles. The van der Waals surface area contributed by atoms with Crippen LogP contribution in [-0.4, -0.2) is 41.3 Å². The second kappa shape index (κ2) is 17.0. The molecule has 250 valence electrons. The Kier molecular flexibility index (Phi) is 12.6. The van der Waals surface area contributed by atoms with Gasteiger partial charge in [-0.1, -0.05) is 97.1 Å². The Bertz CT molecular complexity index is 1650. The van der Waals surface area contributed by atoms with E-state index in [-0.39, 0.29) is 25.8 Å². The fourth-order valence-electron chi connectivity index (χ4n) is 5.13. The van der Waals surface area contributed by atoms with Crippen molar-refractivity contribution in [3.63, 3.8) is 0 Å². The zero-order valence-corrected chi connectivity index (χ0v) is 27.6. The van der Waals surface area contributed by atoms with Crippen LogP contribution in [0.15, 0.2) is 109 Å². The number of hydrogen-bond acceptors (Lipinski definition) is 4. The molecule has 4 N–H and O–H groups in total. The van der Waals surface area contributed by atoms with Gasteiger partial charge in [-0.2, -0.15) is 0 Å². The maximum absolute atomic E-state index is 13.7. The molecule has 4 aromatic carbocycles. The van der Waals surface area contributed by atoms with Crippen LogP contribution in [0.3, 0.4) is 0 Å². The minimum Gasteiger partial charge on any atom is -0.351 e. The van der Waals surface area contributed by atoms with Crippen molar-refractivity contribution < 1.29 is 23.6 Å². The smallest absolute Gasteiger partial charge is 0.243 e. The van der Waals surface area contributed by atoms with Crippen LogP contribution in [-0.2, 0) is 38.6 Å². The highest BCUT2D eigenvalue weighted by Crippen LogP contribution is 2.19. The quantitative estimate of drug-likeness (QED) is 0.149. The third-order valence-electron chi connectivity index (χ3n) is 7.55. The van der Waals surface area contributed by atoms with E-state index in [1.807, 2.05) is 106 Å². The first-order valence-corrected chi connectivity index (χ1v) is 16.1. The highest BCUT2D eigenvalue weighted by molar-refractivity contribution is 5.95. The van der Waals surface area contributed by atoms with Crippen molar-refractivity contribution in [1.82, 2.24) is 21.3 Å². The Balaban J connectivity index is 1.47. The highest BCUT2D eigenvalue weighted by Gasteiger charge is 2.29. The Morgan fingerprint density at radius 3 is 1.83 bits per heavy atom. The number of amides is 4. The molecular formula is C39H43FN4O4. The molecule has 4 amide bonds. The molecule has 0 fully saturated rings. The summed E-state index contributed by atoms with van der Waals surface area (Å²) in [7, 11) is 0. The average molecular weight is 651 g/mol. The zero-order chi connectivity index (χ0) is 34.5. The molecule has 0 heterocycles. The summed E-state index contributed by atoms with van der Waals surface area (Å²) < 4.78 is 13.6. The van der Waals surface area contributed by atoms with Crippen molar-refractivity contribution in [2.45, 2.75) is 70.6 Å². The van der Waals surface area contributed by atoms with Crippen molar-refractivity contribution in [1.29, 1.82) is 0 Å². The van der Waals surface area contributed by atoms with Gasteiger partial charge < -0.3 is 21.3 Å². The molecule has 4 rings (SSSR count). The van der Waals surface area contributed by atoms with Crippen LogP contribution in [0.2, 0.25) is 0 Å². The Hall–Kier alpha value is -5.31. The fourth-order valence-corrected chi connectivity index (χ4v) is 5.13. The summed E-state index contributed by atoms with van der Waals surface area (Å²) in [5.74, 6) is -2.40. The Morgan fingerprint density at radius 1 is 0.625 bits per heavy atom. The van der Waals surface area contributed by atoms with Gasteiger partial charge in [-0.3, -0.25) is 19.2 Å². The second-order valence-electron chi connectivity index (χ2n) is 12.8. The predicted octanol–water partition coefficient (Wildman–Crippen LogP) is 5.26. The Labute approximate surface area is 281 Å². The second-order valence-corrected chi connectivity index (χ2v) is 12.8. The minimum absolute atomic E-state index is 0.0632. The summed E-state index contributed by atoms with van der Waals surface area (Å²) in [5.41, 5.74) is 4.01. The molecule has 2 atom stereocenters. The van der Waals surface area contributed by atoms with Crippen molar-refractivity contribution in [3.8, 4) is 11.1 Å². The summed E-state index contributed by atoms with van der Waals surface area (Å²) in [5, 5.41) is 11.2. The number of halogens is 1. The number of aryl methyl sites for hydroxylation is 1. The highest BCUT2D eigenvalue weighted by atomic mass is 19.1. The van der Waals surface area contributed by atoms with Crippen molar-refractivity contribution in [2.75, 3.05) is 0 Å². The molecule has 0 bridgehead atoms. The maximum atomic E-state index is 13.7. The van der Waals surface area contributed by atoms with E-state index in [1.54, 1.807) is 12.1 Å². The van der Waals surface area contributed by atoms with Gasteiger partial charge in [0.15, 0.2) is 0 Å². The molecule has 8 nitrogen and oxygen atoms in total. The molecule has 0 aliphatic heterocycles. The summed E-state index contributed by atoms with van der Waals surface area (Å²) in [4.78, 5) is 53.1. The fraction of sp³-hybridized carbons (Fsp3) is 0.282. The van der Waals surface area contributed by atoms with Crippen molar-refractivity contribution in [2.24, 2.45) is 0 Å². The zero-order valence-electron chi connectivity index (χ0n) is 27.6. The van der Waals surface area contributed by atoms with Crippen LogP contribution in [0.25, 0.3) is 11.1 Å². The number of nitrogens with one attached hydrogen (secondary N) is 4. The van der Waals surface area contributed by atoms with Crippen molar-refractivity contribution in [3.05, 3.63) is 132 Å². The Morgan fingerprint density at radius 2 is 1.21 bits per heavy atom. The van der Waals surface area contributed by atoms with E-state index >= 15 is 0 Å². The molecule has 0 radical (unpaired) electrons. The van der Waals surface area contributed by atoms with Gasteiger partial charge in [0, 0.05) is 24.9 Å². The SMILES string of the molecule is CC(C)(C)NC(=O)CC(NC(=O)CCc1ccccc1)C(=O)NC(Cc1ccc(F)cc1)C(=O)NCc1ccc(-c2ccccc2)cc1. The van der Waals surface area contributed by atoms with Gasteiger partial charge in [-0.05, 0) is 67.1 Å². The maximum Gasteiger partial charge on any atom is 0.243 e. The van der Waals surface area contributed by atoms with Crippen LogP contribution in [0.4, 0.5) is 4.39 Å². The lowest BCUT2D eigenvalue weighted by atomic mass is 10.0. The number of carbonyl (C=O) groups is 4. The van der Waals surface area contributed by atoms with E-state index in [1.165, 1.54) is 12.1 Å². The van der Waals surface area contributed by atoms with Crippen LogP contribution in [0.1, 0.15) is 50.3 Å². The first-order chi connectivity index (χ1) is 22.9. The normalized spacial score (nSPS) is 12.3. The first kappa shape index (κ1) is 35.5. The summed E-state index contributed by atoms with van der Waals surface area (Å²) in [6.07, 6.45) is 0.306. The van der Waals surface area contributed by atoms with Gasteiger partial charge in [-0.15, -0.1) is 0 Å². The molecule has 0 aliphatic rings. The lowest BCUT2D eigenvalue weighted by Crippen LogP contribution is -2.56. The average Bonchev–Trinajstić information content (AvgIpc) is 3.07. The molecule has 9 heteroatoms. The van der Waals surface area contributed by atoms with E-state index in [0.717, 1.165) is 22.3 Å². The lowest BCUT2D eigenvalue weighted by Gasteiger charge is -2.25. The standard InChI is InChI=1S/C39H43FN4O4/c1-39(2,3)44-36(46)25-34(42-35(45)23-18-27-10-6-4-7-11-27)38(48)43-33(24-28-16-21-32(40)22-17-28)37(47)41-26-29-14-19-31(20-15-29)30-12-8-5-9-13-30/h4-17,19-22,33-34H,18,23-26H2,1-3H3,(H,41,47)(H,42,45)(H,43,48)(H,44,46). The number of hydrogen-bond donors (Lipinski definition) is 4. The molecule has 2 unspecified atom stereocenters. The van der Waals surface area contributed by atoms with Crippen molar-refractivity contribution >= 4 is 23.6 Å². The lowest BCUT2D eigenvalue weighted by molar-refractivity contribution is -0.134. The van der Waals surface area contributed by atoms with Gasteiger partial charge in [0.1, 0.15) is 17.9 Å². The van der Waals surface area contributed by atoms with Crippen LogP contribution < -0.4 is 21.3 Å². The van der Waals surface area contributed by atoms with Crippen LogP contribution in [0.5, 0.6) is 0 Å². The molecule has 48 heavy (non-hydrogen) atoms. The molecular weight excluding hydrogens is 607 g/mol.